The van der Waals surface area contributed by atoms with Crippen molar-refractivity contribution in [1.82, 2.24) is 9.62 Å². The predicted molar refractivity (Wildman–Crippen MR) is 85.3 cm³/mol. The molecule has 0 heterocycles. The number of sulfonamides is 1. The third kappa shape index (κ3) is 6.13. The molecule has 0 radical (unpaired) electrons. The number of nitrogens with one attached hydrogen (secondary N) is 1. The predicted octanol–water partition coefficient (Wildman–Crippen LogP) is 1.46. The van der Waals surface area contributed by atoms with Gasteiger partial charge in [0.05, 0.1) is 4.90 Å². The third-order valence-corrected chi connectivity index (χ3v) is 4.76. The number of rotatable bonds is 9. The molecular formula is C15H24N2O4S. The Morgan fingerprint density at radius 1 is 1.23 bits per heavy atom. The van der Waals surface area contributed by atoms with Gasteiger partial charge in [-0.1, -0.05) is 17.7 Å². The highest BCUT2D eigenvalue weighted by molar-refractivity contribution is 7.89. The summed E-state index contributed by atoms with van der Waals surface area (Å²) in [7, 11) is 0.0625. The van der Waals surface area contributed by atoms with E-state index in [2.05, 4.69) is 4.72 Å². The van der Waals surface area contributed by atoms with Crippen LogP contribution in [-0.4, -0.2) is 51.1 Å². The number of carbonyl (C=O) groups is 1. The molecule has 6 nitrogen and oxygen atoms in total. The van der Waals surface area contributed by atoms with Gasteiger partial charge in [-0.15, -0.1) is 0 Å². The molecule has 0 aromatic heterocycles. The Hall–Kier alpha value is -1.44. The van der Waals surface area contributed by atoms with Crippen LogP contribution in [0.4, 0.5) is 0 Å². The molecule has 1 aromatic rings. The first kappa shape index (κ1) is 18.6. The number of carboxylic acids is 1. The van der Waals surface area contributed by atoms with Crippen LogP contribution in [0.15, 0.2) is 29.2 Å². The number of benzene rings is 1. The zero-order chi connectivity index (χ0) is 16.8. The second-order valence-electron chi connectivity index (χ2n) is 5.62. The number of carboxylic acid groups (broad SMARTS) is 1. The Labute approximate surface area is 132 Å². The molecule has 0 saturated carbocycles. The molecule has 7 heteroatoms. The van der Waals surface area contributed by atoms with Gasteiger partial charge in [-0.25, -0.2) is 8.42 Å². The van der Waals surface area contributed by atoms with Crippen LogP contribution in [0.3, 0.4) is 0 Å². The average molecular weight is 328 g/mol. The van der Waals surface area contributed by atoms with Crippen LogP contribution in [-0.2, 0) is 14.8 Å². The molecule has 0 bridgehead atoms. The standard InChI is InChI=1S/C15H24N2O4S/c1-12-7-9-13(10-8-12)22(20,21)16-14(15(18)19)6-4-5-11-17(2)3/h7-10,14,16H,4-6,11H2,1-3H3,(H,18,19)/t14-/m0/s1. The fourth-order valence-electron chi connectivity index (χ4n) is 1.98. The van der Waals surface area contributed by atoms with Crippen LogP contribution in [0.1, 0.15) is 24.8 Å². The summed E-state index contributed by atoms with van der Waals surface area (Å²) in [6.07, 6.45) is 1.74. The van der Waals surface area contributed by atoms with Crippen LogP contribution in [0, 0.1) is 6.92 Å². The number of nitrogens with zero attached hydrogens (tertiary/aromatic N) is 1. The summed E-state index contributed by atoms with van der Waals surface area (Å²) in [6, 6.07) is 5.21. The van der Waals surface area contributed by atoms with Crippen LogP contribution in [0.5, 0.6) is 0 Å². The SMILES string of the molecule is Cc1ccc(S(=O)(=O)N[C@@H](CCCCN(C)C)C(=O)O)cc1. The van der Waals surface area contributed by atoms with Gasteiger partial charge in [0, 0.05) is 0 Å². The van der Waals surface area contributed by atoms with Gasteiger partial charge in [0.15, 0.2) is 0 Å². The lowest BCUT2D eigenvalue weighted by atomic mass is 10.1. The van der Waals surface area contributed by atoms with Crippen LogP contribution in [0.2, 0.25) is 0 Å². The molecule has 0 aliphatic heterocycles. The Kier molecular flexibility index (Phi) is 6.99. The highest BCUT2D eigenvalue weighted by Crippen LogP contribution is 2.12. The van der Waals surface area contributed by atoms with Gasteiger partial charge in [0.1, 0.15) is 6.04 Å². The van der Waals surface area contributed by atoms with E-state index in [0.717, 1.165) is 18.5 Å². The average Bonchev–Trinajstić information content (AvgIpc) is 2.42. The van der Waals surface area contributed by atoms with Crippen molar-refractivity contribution in [3.63, 3.8) is 0 Å². The molecule has 1 aromatic carbocycles. The molecule has 22 heavy (non-hydrogen) atoms. The minimum absolute atomic E-state index is 0.0811. The first-order chi connectivity index (χ1) is 10.2. The first-order valence-corrected chi connectivity index (χ1v) is 8.67. The van der Waals surface area contributed by atoms with Crippen molar-refractivity contribution in [1.29, 1.82) is 0 Å². The Morgan fingerprint density at radius 3 is 2.32 bits per heavy atom. The molecule has 0 aliphatic rings. The number of hydrogen-bond acceptors (Lipinski definition) is 4. The molecule has 0 unspecified atom stereocenters. The van der Waals surface area contributed by atoms with E-state index in [0.29, 0.717) is 6.42 Å². The Balaban J connectivity index is 2.69. The van der Waals surface area contributed by atoms with Gasteiger partial charge >= 0.3 is 5.97 Å². The number of aliphatic carboxylic acids is 1. The lowest BCUT2D eigenvalue weighted by molar-refractivity contribution is -0.139. The summed E-state index contributed by atoms with van der Waals surface area (Å²) in [5.74, 6) is -1.15. The fraction of sp³-hybridized carbons (Fsp3) is 0.533. The van der Waals surface area contributed by atoms with Crippen molar-refractivity contribution in [3.8, 4) is 0 Å². The molecule has 124 valence electrons. The van der Waals surface area contributed by atoms with Crippen molar-refractivity contribution in [2.45, 2.75) is 37.1 Å². The minimum atomic E-state index is -3.82. The zero-order valence-electron chi connectivity index (χ0n) is 13.2. The maximum Gasteiger partial charge on any atom is 0.321 e. The summed E-state index contributed by atoms with van der Waals surface area (Å²) in [6.45, 7) is 2.70. The van der Waals surface area contributed by atoms with Crippen molar-refractivity contribution < 1.29 is 18.3 Å². The molecule has 0 saturated heterocycles. The molecule has 0 aliphatic carbocycles. The topological polar surface area (TPSA) is 86.7 Å². The summed E-state index contributed by atoms with van der Waals surface area (Å²) in [5.41, 5.74) is 0.942. The van der Waals surface area contributed by atoms with E-state index in [-0.39, 0.29) is 11.3 Å². The fourth-order valence-corrected chi connectivity index (χ4v) is 3.21. The van der Waals surface area contributed by atoms with E-state index in [9.17, 15) is 18.3 Å². The summed E-state index contributed by atoms with van der Waals surface area (Å²) >= 11 is 0. The summed E-state index contributed by atoms with van der Waals surface area (Å²) in [4.78, 5) is 13.3. The lowest BCUT2D eigenvalue weighted by Crippen LogP contribution is -2.40. The van der Waals surface area contributed by atoms with Crippen molar-refractivity contribution in [2.75, 3.05) is 20.6 Å². The van der Waals surface area contributed by atoms with E-state index in [4.69, 9.17) is 0 Å². The number of hydrogen-bond donors (Lipinski definition) is 2. The summed E-state index contributed by atoms with van der Waals surface area (Å²) in [5, 5.41) is 9.20. The van der Waals surface area contributed by atoms with Gasteiger partial charge in [0.25, 0.3) is 0 Å². The maximum absolute atomic E-state index is 12.2. The van der Waals surface area contributed by atoms with Crippen molar-refractivity contribution in [3.05, 3.63) is 29.8 Å². The van der Waals surface area contributed by atoms with E-state index in [1.807, 2.05) is 25.9 Å². The smallest absolute Gasteiger partial charge is 0.321 e. The van der Waals surface area contributed by atoms with E-state index < -0.39 is 22.0 Å². The second-order valence-corrected chi connectivity index (χ2v) is 7.34. The van der Waals surface area contributed by atoms with Crippen molar-refractivity contribution in [2.24, 2.45) is 0 Å². The summed E-state index contributed by atoms with van der Waals surface area (Å²) < 4.78 is 26.7. The molecule has 1 rings (SSSR count). The van der Waals surface area contributed by atoms with Gasteiger partial charge in [-0.05, 0) is 59.0 Å². The van der Waals surface area contributed by atoms with Crippen LogP contribution in [0.25, 0.3) is 0 Å². The quantitative estimate of drug-likeness (QED) is 0.670. The van der Waals surface area contributed by atoms with Crippen molar-refractivity contribution >= 4 is 16.0 Å². The third-order valence-electron chi connectivity index (χ3n) is 3.27. The van der Waals surface area contributed by atoms with Crippen LogP contribution >= 0.6 is 0 Å². The minimum Gasteiger partial charge on any atom is -0.480 e. The first-order valence-electron chi connectivity index (χ1n) is 7.19. The molecule has 0 spiro atoms. The molecule has 0 fully saturated rings. The van der Waals surface area contributed by atoms with Gasteiger partial charge < -0.3 is 10.0 Å². The highest BCUT2D eigenvalue weighted by atomic mass is 32.2. The lowest BCUT2D eigenvalue weighted by Gasteiger charge is -2.15. The Bertz CT molecular complexity index is 582. The monoisotopic (exact) mass is 328 g/mol. The van der Waals surface area contributed by atoms with E-state index >= 15 is 0 Å². The Morgan fingerprint density at radius 2 is 1.82 bits per heavy atom. The highest BCUT2D eigenvalue weighted by Gasteiger charge is 2.24. The second kappa shape index (κ2) is 8.26. The van der Waals surface area contributed by atoms with Gasteiger partial charge in [-0.2, -0.15) is 4.72 Å². The molecule has 0 amide bonds. The van der Waals surface area contributed by atoms with E-state index in [1.54, 1.807) is 12.1 Å². The normalized spacial score (nSPS) is 13.3. The number of unbranched alkanes of at least 4 members (excludes halogenated alkanes) is 1. The van der Waals surface area contributed by atoms with Gasteiger partial charge in [-0.3, -0.25) is 4.79 Å². The maximum atomic E-state index is 12.2. The van der Waals surface area contributed by atoms with E-state index in [1.165, 1.54) is 12.1 Å². The molecule has 2 N–H and O–H groups in total. The largest absolute Gasteiger partial charge is 0.480 e. The molecular weight excluding hydrogens is 304 g/mol. The molecule has 1 atom stereocenters. The zero-order valence-corrected chi connectivity index (χ0v) is 14.1. The van der Waals surface area contributed by atoms with Crippen LogP contribution < -0.4 is 4.72 Å². The van der Waals surface area contributed by atoms with Gasteiger partial charge in [0.2, 0.25) is 10.0 Å². The number of aryl methyl sites for hydroxylation is 1.